The molecule has 0 aromatic heterocycles. The summed E-state index contributed by atoms with van der Waals surface area (Å²) in [7, 11) is 1.67. The monoisotopic (exact) mass is 315 g/mol. The Morgan fingerprint density at radius 3 is 2.27 bits per heavy atom. The number of quaternary nitrogens is 1. The quantitative estimate of drug-likeness (QED) is 0.859. The summed E-state index contributed by atoms with van der Waals surface area (Å²) < 4.78 is 5.02. The van der Waals surface area contributed by atoms with Crippen molar-refractivity contribution in [2.24, 2.45) is 0 Å². The van der Waals surface area contributed by atoms with Gasteiger partial charge in [0.1, 0.15) is 0 Å². The van der Waals surface area contributed by atoms with E-state index in [0.29, 0.717) is 13.2 Å². The van der Waals surface area contributed by atoms with Crippen LogP contribution in [-0.4, -0.2) is 32.7 Å². The van der Waals surface area contributed by atoms with Crippen molar-refractivity contribution in [3.8, 4) is 0 Å². The Morgan fingerprint density at radius 2 is 1.68 bits per heavy atom. The summed E-state index contributed by atoms with van der Waals surface area (Å²) in [4.78, 5) is 16.8. The number of amides is 1. The van der Waals surface area contributed by atoms with Crippen molar-refractivity contribution in [2.75, 3.05) is 31.7 Å². The summed E-state index contributed by atoms with van der Waals surface area (Å²) in [5, 5.41) is 1.98. The Kier molecular flexibility index (Phi) is 4.77. The lowest BCUT2D eigenvalue weighted by atomic mass is 10.2. The Bertz CT molecular complexity index is 630. The van der Waals surface area contributed by atoms with E-state index < -0.39 is 0 Å². The number of anilines is 2. The molecular weight excluding hydrogens is 296 g/mol. The fourth-order valence-electron chi connectivity index (χ4n) is 2.49. The van der Waals surface area contributed by atoms with E-state index in [2.05, 4.69) is 12.1 Å². The summed E-state index contributed by atoms with van der Waals surface area (Å²) in [5.41, 5.74) is 1.94. The van der Waals surface area contributed by atoms with Gasteiger partial charge in [0.2, 0.25) is 0 Å². The number of hydrogen-bond acceptors (Lipinski definition) is 3. The Balaban J connectivity index is 1.88. The maximum atomic E-state index is 12.7. The molecule has 0 aliphatic carbocycles. The van der Waals surface area contributed by atoms with Gasteiger partial charge in [-0.05, 0) is 24.3 Å². The predicted molar refractivity (Wildman–Crippen MR) is 87.7 cm³/mol. The van der Waals surface area contributed by atoms with Gasteiger partial charge in [-0.2, -0.15) is 0 Å². The van der Waals surface area contributed by atoms with E-state index in [1.54, 1.807) is 18.9 Å². The van der Waals surface area contributed by atoms with Crippen molar-refractivity contribution >= 4 is 29.0 Å². The lowest BCUT2D eigenvalue weighted by molar-refractivity contribution is -0.645. The minimum atomic E-state index is 0.0938. The van der Waals surface area contributed by atoms with E-state index >= 15 is 0 Å². The van der Waals surface area contributed by atoms with Crippen LogP contribution < -0.4 is 10.2 Å². The SMILES string of the molecule is COCC[NH2+]CC(=O)N1c2ccccc2Sc2ccccc21. The van der Waals surface area contributed by atoms with E-state index in [1.807, 2.05) is 46.6 Å². The summed E-state index contributed by atoms with van der Waals surface area (Å²) >= 11 is 1.71. The summed E-state index contributed by atoms with van der Waals surface area (Å²) in [6.07, 6.45) is 0. The fraction of sp³-hybridized carbons (Fsp3) is 0.235. The molecule has 2 aromatic rings. The van der Waals surface area contributed by atoms with Gasteiger partial charge in [0, 0.05) is 16.9 Å². The molecule has 1 amide bonds. The van der Waals surface area contributed by atoms with Crippen molar-refractivity contribution in [3.63, 3.8) is 0 Å². The zero-order valence-corrected chi connectivity index (χ0v) is 13.3. The van der Waals surface area contributed by atoms with Gasteiger partial charge in [0.25, 0.3) is 5.91 Å². The van der Waals surface area contributed by atoms with Crippen molar-refractivity contribution in [1.82, 2.24) is 0 Å². The molecule has 22 heavy (non-hydrogen) atoms. The average Bonchev–Trinajstić information content (AvgIpc) is 2.56. The van der Waals surface area contributed by atoms with Crippen LogP contribution in [0.2, 0.25) is 0 Å². The second-order valence-corrected chi connectivity index (χ2v) is 6.12. The van der Waals surface area contributed by atoms with Gasteiger partial charge in [-0.15, -0.1) is 0 Å². The van der Waals surface area contributed by atoms with Crippen LogP contribution in [0.15, 0.2) is 58.3 Å². The second-order valence-electron chi connectivity index (χ2n) is 5.04. The van der Waals surface area contributed by atoms with Crippen molar-refractivity contribution in [2.45, 2.75) is 9.79 Å². The predicted octanol–water partition coefficient (Wildman–Crippen LogP) is 2.03. The first-order valence-electron chi connectivity index (χ1n) is 7.30. The summed E-state index contributed by atoms with van der Waals surface area (Å²) in [6, 6.07) is 16.1. The van der Waals surface area contributed by atoms with Crippen molar-refractivity contribution in [1.29, 1.82) is 0 Å². The molecule has 0 fully saturated rings. The van der Waals surface area contributed by atoms with E-state index in [-0.39, 0.29) is 5.91 Å². The van der Waals surface area contributed by atoms with Gasteiger partial charge in [0.05, 0.1) is 24.5 Å². The lowest BCUT2D eigenvalue weighted by Gasteiger charge is -2.30. The summed E-state index contributed by atoms with van der Waals surface area (Å²) in [5.74, 6) is 0.0938. The highest BCUT2D eigenvalue weighted by Crippen LogP contribution is 2.47. The Labute approximate surface area is 134 Å². The normalized spacial score (nSPS) is 12.7. The standard InChI is InChI=1S/C17H18N2O2S/c1-21-11-10-18-12-17(20)19-13-6-2-4-8-15(13)22-16-9-5-3-7-14(16)19/h2-9,18H,10-12H2,1H3/p+1. The number of para-hydroxylation sites is 2. The molecule has 2 N–H and O–H groups in total. The lowest BCUT2D eigenvalue weighted by Crippen LogP contribution is -2.87. The highest BCUT2D eigenvalue weighted by atomic mass is 32.2. The smallest absolute Gasteiger partial charge is 0.286 e. The molecule has 114 valence electrons. The van der Waals surface area contributed by atoms with Gasteiger partial charge in [-0.3, -0.25) is 9.69 Å². The van der Waals surface area contributed by atoms with Gasteiger partial charge in [0.15, 0.2) is 6.54 Å². The number of nitrogens with zero attached hydrogens (tertiary/aromatic N) is 1. The number of ether oxygens (including phenoxy) is 1. The first-order chi connectivity index (χ1) is 10.8. The molecule has 0 saturated carbocycles. The van der Waals surface area contributed by atoms with E-state index in [9.17, 15) is 4.79 Å². The minimum Gasteiger partial charge on any atom is -0.379 e. The van der Waals surface area contributed by atoms with Gasteiger partial charge in [-0.1, -0.05) is 36.0 Å². The van der Waals surface area contributed by atoms with Crippen LogP contribution in [0.5, 0.6) is 0 Å². The molecule has 1 aliphatic heterocycles. The van der Waals surface area contributed by atoms with Crippen LogP contribution in [0.25, 0.3) is 0 Å². The number of carbonyl (C=O) groups is 1. The van der Waals surface area contributed by atoms with Crippen LogP contribution in [0.4, 0.5) is 11.4 Å². The van der Waals surface area contributed by atoms with Crippen LogP contribution in [-0.2, 0) is 9.53 Å². The first-order valence-corrected chi connectivity index (χ1v) is 8.12. The van der Waals surface area contributed by atoms with Crippen LogP contribution in [0.1, 0.15) is 0 Å². The maximum absolute atomic E-state index is 12.7. The molecule has 0 spiro atoms. The topological polar surface area (TPSA) is 46.1 Å². The largest absolute Gasteiger partial charge is 0.379 e. The van der Waals surface area contributed by atoms with E-state index in [4.69, 9.17) is 4.74 Å². The molecule has 0 unspecified atom stereocenters. The average molecular weight is 315 g/mol. The number of rotatable bonds is 5. The Hall–Kier alpha value is -1.82. The highest BCUT2D eigenvalue weighted by molar-refractivity contribution is 7.99. The van der Waals surface area contributed by atoms with Crippen molar-refractivity contribution < 1.29 is 14.8 Å². The molecule has 0 bridgehead atoms. The summed E-state index contributed by atoms with van der Waals surface area (Å²) in [6.45, 7) is 1.85. The van der Waals surface area contributed by atoms with Crippen molar-refractivity contribution in [3.05, 3.63) is 48.5 Å². The highest BCUT2D eigenvalue weighted by Gasteiger charge is 2.28. The molecule has 1 heterocycles. The molecule has 1 aliphatic rings. The van der Waals surface area contributed by atoms with Crippen LogP contribution >= 0.6 is 11.8 Å². The third kappa shape index (κ3) is 3.02. The molecule has 4 nitrogen and oxygen atoms in total. The molecule has 5 heteroatoms. The zero-order chi connectivity index (χ0) is 15.4. The molecule has 0 radical (unpaired) electrons. The number of benzene rings is 2. The van der Waals surface area contributed by atoms with Gasteiger partial charge >= 0.3 is 0 Å². The van der Waals surface area contributed by atoms with E-state index in [0.717, 1.165) is 27.7 Å². The maximum Gasteiger partial charge on any atom is 0.286 e. The third-order valence-corrected chi connectivity index (χ3v) is 4.66. The molecule has 0 saturated heterocycles. The van der Waals surface area contributed by atoms with E-state index in [1.165, 1.54) is 0 Å². The minimum absolute atomic E-state index is 0.0938. The first kappa shape index (κ1) is 15.1. The molecule has 3 rings (SSSR count). The number of methoxy groups -OCH3 is 1. The molecule has 0 atom stereocenters. The zero-order valence-electron chi connectivity index (χ0n) is 12.5. The third-order valence-electron chi connectivity index (χ3n) is 3.53. The number of nitrogens with two attached hydrogens (primary N) is 1. The van der Waals surface area contributed by atoms with Gasteiger partial charge < -0.3 is 10.1 Å². The molecular formula is C17H19N2O2S+. The van der Waals surface area contributed by atoms with Crippen LogP contribution in [0.3, 0.4) is 0 Å². The number of carbonyl (C=O) groups excluding carboxylic acids is 1. The van der Waals surface area contributed by atoms with Gasteiger partial charge in [-0.25, -0.2) is 0 Å². The molecule has 2 aromatic carbocycles. The second kappa shape index (κ2) is 6.96. The number of fused-ring (bicyclic) bond motifs is 2. The van der Waals surface area contributed by atoms with Crippen LogP contribution in [0, 0.1) is 0 Å². The number of hydrogen-bond donors (Lipinski definition) is 1. The fourth-order valence-corrected chi connectivity index (χ4v) is 3.55. The Morgan fingerprint density at radius 1 is 1.09 bits per heavy atom.